The Kier molecular flexibility index (Phi) is 4.69. The molecule has 0 aliphatic rings. The van der Waals surface area contributed by atoms with Crippen molar-refractivity contribution in [2.45, 2.75) is 11.3 Å². The zero-order valence-electron chi connectivity index (χ0n) is 13.4. The smallest absolute Gasteiger partial charge is 0.175 e. The Morgan fingerprint density at radius 2 is 1.71 bits per heavy atom. The molecule has 0 unspecified atom stereocenters. The number of thiazole rings is 1. The summed E-state index contributed by atoms with van der Waals surface area (Å²) in [6, 6.07) is 14.8. The van der Waals surface area contributed by atoms with Gasteiger partial charge in [0.15, 0.2) is 9.84 Å². The zero-order chi connectivity index (χ0) is 17.2. The summed E-state index contributed by atoms with van der Waals surface area (Å²) in [6.45, 7) is 0. The average Bonchev–Trinajstić information content (AvgIpc) is 3.03. The monoisotopic (exact) mass is 359 g/mol. The second kappa shape index (κ2) is 6.75. The standard InChI is InChI=1S/C18H17NO3S2/c1-22-15-7-3-13(4-8-15)11-18-19-17(12-23-18)14-5-9-16(10-6-14)24(2,20)21/h3-10,12H,11H2,1-2H3. The van der Waals surface area contributed by atoms with Crippen LogP contribution in [0.2, 0.25) is 0 Å². The summed E-state index contributed by atoms with van der Waals surface area (Å²) >= 11 is 1.60. The summed E-state index contributed by atoms with van der Waals surface area (Å²) in [5.41, 5.74) is 2.95. The van der Waals surface area contributed by atoms with E-state index in [1.54, 1.807) is 42.7 Å². The molecule has 0 bridgehead atoms. The van der Waals surface area contributed by atoms with Gasteiger partial charge in [-0.25, -0.2) is 13.4 Å². The molecule has 0 N–H and O–H groups in total. The van der Waals surface area contributed by atoms with E-state index in [-0.39, 0.29) is 0 Å². The van der Waals surface area contributed by atoms with Crippen molar-refractivity contribution in [3.8, 4) is 17.0 Å². The molecule has 0 spiro atoms. The number of sulfone groups is 1. The largest absolute Gasteiger partial charge is 0.497 e. The zero-order valence-corrected chi connectivity index (χ0v) is 15.0. The molecule has 0 amide bonds. The molecular formula is C18H17NO3S2. The topological polar surface area (TPSA) is 56.3 Å². The maximum atomic E-state index is 11.5. The minimum atomic E-state index is -3.17. The fraction of sp³-hybridized carbons (Fsp3) is 0.167. The summed E-state index contributed by atoms with van der Waals surface area (Å²) in [6.07, 6.45) is 1.97. The van der Waals surface area contributed by atoms with Crippen LogP contribution in [0.25, 0.3) is 11.3 Å². The van der Waals surface area contributed by atoms with Crippen LogP contribution in [0.15, 0.2) is 58.8 Å². The molecule has 0 radical (unpaired) electrons. The van der Waals surface area contributed by atoms with Crippen molar-refractivity contribution in [2.24, 2.45) is 0 Å². The van der Waals surface area contributed by atoms with Gasteiger partial charge >= 0.3 is 0 Å². The second-order valence-electron chi connectivity index (χ2n) is 5.45. The van der Waals surface area contributed by atoms with Gasteiger partial charge in [-0.05, 0) is 29.8 Å². The van der Waals surface area contributed by atoms with Gasteiger partial charge in [0.05, 0.1) is 22.7 Å². The van der Waals surface area contributed by atoms with Gasteiger partial charge in [-0.15, -0.1) is 11.3 Å². The fourth-order valence-corrected chi connectivity index (χ4v) is 3.78. The Morgan fingerprint density at radius 1 is 1.04 bits per heavy atom. The molecule has 4 nitrogen and oxygen atoms in total. The Balaban J connectivity index is 1.77. The number of aromatic nitrogens is 1. The van der Waals surface area contributed by atoms with Gasteiger partial charge in [0.1, 0.15) is 5.75 Å². The van der Waals surface area contributed by atoms with E-state index in [4.69, 9.17) is 4.74 Å². The van der Waals surface area contributed by atoms with Crippen molar-refractivity contribution < 1.29 is 13.2 Å². The van der Waals surface area contributed by atoms with Gasteiger partial charge in [0, 0.05) is 23.6 Å². The van der Waals surface area contributed by atoms with E-state index in [1.807, 2.05) is 29.6 Å². The van der Waals surface area contributed by atoms with Gasteiger partial charge in [0.25, 0.3) is 0 Å². The molecule has 1 heterocycles. The first-order chi connectivity index (χ1) is 11.5. The van der Waals surface area contributed by atoms with Gasteiger partial charge in [-0.1, -0.05) is 24.3 Å². The van der Waals surface area contributed by atoms with Gasteiger partial charge in [0.2, 0.25) is 0 Å². The lowest BCUT2D eigenvalue weighted by molar-refractivity contribution is 0.414. The van der Waals surface area contributed by atoms with Crippen molar-refractivity contribution >= 4 is 21.2 Å². The normalized spacial score (nSPS) is 11.4. The van der Waals surface area contributed by atoms with Crippen LogP contribution in [-0.4, -0.2) is 26.8 Å². The van der Waals surface area contributed by atoms with Gasteiger partial charge < -0.3 is 4.74 Å². The van der Waals surface area contributed by atoms with Crippen molar-refractivity contribution in [1.82, 2.24) is 4.98 Å². The summed E-state index contributed by atoms with van der Waals surface area (Å²) in [4.78, 5) is 4.97. The molecule has 0 aliphatic carbocycles. The highest BCUT2D eigenvalue weighted by atomic mass is 32.2. The molecular weight excluding hydrogens is 342 g/mol. The lowest BCUT2D eigenvalue weighted by Gasteiger charge is -2.02. The molecule has 0 aliphatic heterocycles. The number of nitrogens with zero attached hydrogens (tertiary/aromatic N) is 1. The third kappa shape index (κ3) is 3.83. The first-order valence-corrected chi connectivity index (χ1v) is 10.1. The minimum absolute atomic E-state index is 0.319. The van der Waals surface area contributed by atoms with Crippen LogP contribution in [0.3, 0.4) is 0 Å². The Morgan fingerprint density at radius 3 is 2.29 bits per heavy atom. The van der Waals surface area contributed by atoms with E-state index in [1.165, 1.54) is 11.8 Å². The van der Waals surface area contributed by atoms with E-state index >= 15 is 0 Å². The maximum absolute atomic E-state index is 11.5. The quantitative estimate of drug-likeness (QED) is 0.695. The number of ether oxygens (including phenoxy) is 1. The molecule has 3 rings (SSSR count). The average molecular weight is 359 g/mol. The van der Waals surface area contributed by atoms with Crippen LogP contribution in [-0.2, 0) is 16.3 Å². The molecule has 0 saturated heterocycles. The number of hydrogen-bond donors (Lipinski definition) is 0. The lowest BCUT2D eigenvalue weighted by Crippen LogP contribution is -1.96. The molecule has 0 fully saturated rings. The summed E-state index contributed by atoms with van der Waals surface area (Å²) in [5, 5.41) is 3.01. The van der Waals surface area contributed by atoms with Crippen LogP contribution in [0, 0.1) is 0 Å². The highest BCUT2D eigenvalue weighted by Crippen LogP contribution is 2.25. The van der Waals surface area contributed by atoms with E-state index in [0.717, 1.165) is 28.4 Å². The number of rotatable bonds is 5. The van der Waals surface area contributed by atoms with Crippen LogP contribution >= 0.6 is 11.3 Å². The molecule has 1 aromatic heterocycles. The molecule has 0 atom stereocenters. The van der Waals surface area contributed by atoms with Crippen LogP contribution < -0.4 is 4.74 Å². The third-order valence-corrected chi connectivity index (χ3v) is 5.62. The van der Waals surface area contributed by atoms with Crippen molar-refractivity contribution in [3.63, 3.8) is 0 Å². The Hall–Kier alpha value is -2.18. The van der Waals surface area contributed by atoms with E-state index in [2.05, 4.69) is 4.98 Å². The summed E-state index contributed by atoms with van der Waals surface area (Å²) < 4.78 is 28.2. The van der Waals surface area contributed by atoms with E-state index in [9.17, 15) is 8.42 Å². The predicted octanol–water partition coefficient (Wildman–Crippen LogP) is 3.81. The fourth-order valence-electron chi connectivity index (χ4n) is 2.32. The minimum Gasteiger partial charge on any atom is -0.497 e. The second-order valence-corrected chi connectivity index (χ2v) is 8.41. The van der Waals surface area contributed by atoms with Gasteiger partial charge in [-0.3, -0.25) is 0 Å². The first-order valence-electron chi connectivity index (χ1n) is 7.33. The molecule has 0 saturated carbocycles. The highest BCUT2D eigenvalue weighted by Gasteiger charge is 2.09. The molecule has 124 valence electrons. The highest BCUT2D eigenvalue weighted by molar-refractivity contribution is 7.90. The lowest BCUT2D eigenvalue weighted by atomic mass is 10.1. The van der Waals surface area contributed by atoms with E-state index < -0.39 is 9.84 Å². The molecule has 2 aromatic carbocycles. The molecule has 24 heavy (non-hydrogen) atoms. The Bertz CT molecular complexity index is 927. The Labute approximate surface area is 145 Å². The van der Waals surface area contributed by atoms with Crippen LogP contribution in [0.1, 0.15) is 10.6 Å². The van der Waals surface area contributed by atoms with Crippen molar-refractivity contribution in [2.75, 3.05) is 13.4 Å². The van der Waals surface area contributed by atoms with Crippen molar-refractivity contribution in [1.29, 1.82) is 0 Å². The number of hydrogen-bond acceptors (Lipinski definition) is 5. The first kappa shape index (κ1) is 16.7. The number of methoxy groups -OCH3 is 1. The third-order valence-electron chi connectivity index (χ3n) is 3.64. The summed E-state index contributed by atoms with van der Waals surface area (Å²) in [7, 11) is -1.52. The van der Waals surface area contributed by atoms with Gasteiger partial charge in [-0.2, -0.15) is 0 Å². The van der Waals surface area contributed by atoms with Crippen LogP contribution in [0.4, 0.5) is 0 Å². The number of benzene rings is 2. The van der Waals surface area contributed by atoms with Crippen molar-refractivity contribution in [3.05, 3.63) is 64.5 Å². The SMILES string of the molecule is COc1ccc(Cc2nc(-c3ccc(S(C)(=O)=O)cc3)cs2)cc1. The maximum Gasteiger partial charge on any atom is 0.175 e. The molecule has 6 heteroatoms. The van der Waals surface area contributed by atoms with E-state index in [0.29, 0.717) is 4.90 Å². The summed E-state index contributed by atoms with van der Waals surface area (Å²) in [5.74, 6) is 0.838. The predicted molar refractivity (Wildman–Crippen MR) is 96.5 cm³/mol. The molecule has 3 aromatic rings. The van der Waals surface area contributed by atoms with Crippen LogP contribution in [0.5, 0.6) is 5.75 Å².